The van der Waals surface area contributed by atoms with E-state index in [1.165, 1.54) is 6.07 Å². The Kier molecular flexibility index (Phi) is 2.91. The molecule has 4 heteroatoms. The minimum atomic E-state index is 0.158. The Morgan fingerprint density at radius 3 is 2.62 bits per heavy atom. The van der Waals surface area contributed by atoms with Gasteiger partial charge in [-0.1, -0.05) is 6.07 Å². The number of phenols is 1. The molecule has 4 nitrogen and oxygen atoms in total. The number of methoxy groups -OCH3 is 1. The van der Waals surface area contributed by atoms with Crippen LogP contribution < -0.4 is 9.47 Å². The van der Waals surface area contributed by atoms with Gasteiger partial charge in [-0.2, -0.15) is 0 Å². The summed E-state index contributed by atoms with van der Waals surface area (Å²) in [5.41, 5.74) is 0. The van der Waals surface area contributed by atoms with Crippen molar-refractivity contribution in [2.75, 3.05) is 7.11 Å². The largest absolute Gasteiger partial charge is 0.508 e. The Labute approximate surface area is 93.1 Å². The van der Waals surface area contributed by atoms with Crippen LogP contribution in [0.2, 0.25) is 0 Å². The number of hydrogen-bond acceptors (Lipinski definition) is 4. The Bertz CT molecular complexity index is 468. The first kappa shape index (κ1) is 10.3. The molecule has 0 atom stereocenters. The van der Waals surface area contributed by atoms with Crippen molar-refractivity contribution in [1.82, 2.24) is 4.98 Å². The molecule has 0 unspecified atom stereocenters. The molecule has 0 saturated heterocycles. The van der Waals surface area contributed by atoms with Crippen LogP contribution in [0.5, 0.6) is 23.1 Å². The summed E-state index contributed by atoms with van der Waals surface area (Å²) in [7, 11) is 1.58. The van der Waals surface area contributed by atoms with Crippen LogP contribution in [0, 0.1) is 0 Å². The van der Waals surface area contributed by atoms with Gasteiger partial charge < -0.3 is 14.6 Å². The van der Waals surface area contributed by atoms with Crippen molar-refractivity contribution in [1.29, 1.82) is 0 Å². The van der Waals surface area contributed by atoms with Crippen LogP contribution in [0.1, 0.15) is 0 Å². The summed E-state index contributed by atoms with van der Waals surface area (Å²) in [5.74, 6) is 1.82. The first-order valence-electron chi connectivity index (χ1n) is 4.75. The Morgan fingerprint density at radius 1 is 1.12 bits per heavy atom. The van der Waals surface area contributed by atoms with Gasteiger partial charge in [-0.25, -0.2) is 4.98 Å². The second-order valence-corrected chi connectivity index (χ2v) is 3.14. The lowest BCUT2D eigenvalue weighted by Gasteiger charge is -2.05. The second kappa shape index (κ2) is 4.53. The lowest BCUT2D eigenvalue weighted by atomic mass is 10.3. The van der Waals surface area contributed by atoms with E-state index in [-0.39, 0.29) is 5.75 Å². The number of rotatable bonds is 3. The van der Waals surface area contributed by atoms with Crippen LogP contribution in [0.3, 0.4) is 0 Å². The van der Waals surface area contributed by atoms with Crippen molar-refractivity contribution in [3.8, 4) is 23.1 Å². The van der Waals surface area contributed by atoms with Gasteiger partial charge in [0, 0.05) is 12.1 Å². The second-order valence-electron chi connectivity index (χ2n) is 3.14. The summed E-state index contributed by atoms with van der Waals surface area (Å²) < 4.78 is 10.4. The molecule has 0 radical (unpaired) electrons. The summed E-state index contributed by atoms with van der Waals surface area (Å²) in [4.78, 5) is 4.05. The van der Waals surface area contributed by atoms with Gasteiger partial charge in [0.2, 0.25) is 5.88 Å². The molecule has 0 aliphatic carbocycles. The van der Waals surface area contributed by atoms with Gasteiger partial charge in [0.15, 0.2) is 0 Å². The molecule has 1 aromatic carbocycles. The molecule has 1 N–H and O–H groups in total. The molecule has 1 aromatic heterocycles. The minimum Gasteiger partial charge on any atom is -0.508 e. The third-order valence-corrected chi connectivity index (χ3v) is 1.98. The molecule has 0 fully saturated rings. The molecule has 0 bridgehead atoms. The monoisotopic (exact) mass is 217 g/mol. The first-order chi connectivity index (χ1) is 7.78. The van der Waals surface area contributed by atoms with E-state index < -0.39 is 0 Å². The van der Waals surface area contributed by atoms with E-state index in [1.807, 2.05) is 0 Å². The van der Waals surface area contributed by atoms with Crippen molar-refractivity contribution in [2.45, 2.75) is 0 Å². The van der Waals surface area contributed by atoms with E-state index in [1.54, 1.807) is 43.6 Å². The molecule has 2 aromatic rings. The van der Waals surface area contributed by atoms with Crippen molar-refractivity contribution in [2.24, 2.45) is 0 Å². The van der Waals surface area contributed by atoms with E-state index in [0.717, 1.165) is 0 Å². The fourth-order valence-electron chi connectivity index (χ4n) is 1.22. The maximum atomic E-state index is 9.25. The van der Waals surface area contributed by atoms with Gasteiger partial charge in [-0.3, -0.25) is 0 Å². The average molecular weight is 217 g/mol. The third-order valence-electron chi connectivity index (χ3n) is 1.98. The summed E-state index contributed by atoms with van der Waals surface area (Å²) >= 11 is 0. The molecule has 0 saturated carbocycles. The zero-order valence-corrected chi connectivity index (χ0v) is 8.75. The quantitative estimate of drug-likeness (QED) is 0.858. The molecule has 0 spiro atoms. The number of hydrogen-bond donors (Lipinski definition) is 1. The molecule has 2 rings (SSSR count). The molecule has 16 heavy (non-hydrogen) atoms. The van der Waals surface area contributed by atoms with E-state index in [9.17, 15) is 5.11 Å². The van der Waals surface area contributed by atoms with Crippen LogP contribution in [0.15, 0.2) is 42.6 Å². The number of aromatic nitrogens is 1. The third kappa shape index (κ3) is 2.42. The van der Waals surface area contributed by atoms with Crippen LogP contribution in [0.4, 0.5) is 0 Å². The topological polar surface area (TPSA) is 51.6 Å². The molecule has 82 valence electrons. The highest BCUT2D eigenvalue weighted by Crippen LogP contribution is 2.23. The van der Waals surface area contributed by atoms with Crippen LogP contribution in [-0.2, 0) is 0 Å². The van der Waals surface area contributed by atoms with Crippen LogP contribution >= 0.6 is 0 Å². The zero-order chi connectivity index (χ0) is 11.4. The summed E-state index contributed by atoms with van der Waals surface area (Å²) in [6, 6.07) is 9.99. The zero-order valence-electron chi connectivity index (χ0n) is 8.75. The van der Waals surface area contributed by atoms with Crippen molar-refractivity contribution >= 4 is 0 Å². The van der Waals surface area contributed by atoms with Crippen LogP contribution in [0.25, 0.3) is 0 Å². The summed E-state index contributed by atoms with van der Waals surface area (Å²) in [6.45, 7) is 0. The van der Waals surface area contributed by atoms with E-state index >= 15 is 0 Å². The number of phenolic OH excluding ortho intramolecular Hbond substituents is 1. The number of aromatic hydroxyl groups is 1. The number of benzene rings is 1. The SMILES string of the molecule is COc1ccc(Oc2cccc(O)c2)nc1. The van der Waals surface area contributed by atoms with Crippen LogP contribution in [-0.4, -0.2) is 17.2 Å². The maximum Gasteiger partial charge on any atom is 0.219 e. The van der Waals surface area contributed by atoms with Crippen molar-refractivity contribution in [3.63, 3.8) is 0 Å². The number of pyridine rings is 1. The Morgan fingerprint density at radius 2 is 2.00 bits per heavy atom. The molecule has 0 amide bonds. The highest BCUT2D eigenvalue weighted by molar-refractivity contribution is 5.34. The summed E-state index contributed by atoms with van der Waals surface area (Å²) in [6.07, 6.45) is 1.57. The van der Waals surface area contributed by atoms with E-state index in [2.05, 4.69) is 4.98 Å². The van der Waals surface area contributed by atoms with Gasteiger partial charge >= 0.3 is 0 Å². The average Bonchev–Trinajstić information content (AvgIpc) is 2.30. The Balaban J connectivity index is 2.14. The van der Waals surface area contributed by atoms with Gasteiger partial charge in [0.1, 0.15) is 17.2 Å². The molecular weight excluding hydrogens is 206 g/mol. The maximum absolute atomic E-state index is 9.25. The highest BCUT2D eigenvalue weighted by Gasteiger charge is 1.99. The fourth-order valence-corrected chi connectivity index (χ4v) is 1.22. The Hall–Kier alpha value is -2.23. The van der Waals surface area contributed by atoms with E-state index in [0.29, 0.717) is 17.4 Å². The first-order valence-corrected chi connectivity index (χ1v) is 4.75. The van der Waals surface area contributed by atoms with Gasteiger partial charge in [-0.05, 0) is 18.2 Å². The minimum absolute atomic E-state index is 0.158. The predicted molar refractivity (Wildman–Crippen MR) is 59.0 cm³/mol. The molecular formula is C12H11NO3. The lowest BCUT2D eigenvalue weighted by molar-refractivity contribution is 0.407. The number of ether oxygens (including phenoxy) is 2. The van der Waals surface area contributed by atoms with Crippen molar-refractivity contribution < 1.29 is 14.6 Å². The van der Waals surface area contributed by atoms with Gasteiger partial charge in [0.25, 0.3) is 0 Å². The standard InChI is InChI=1S/C12H11NO3/c1-15-11-5-6-12(13-8-11)16-10-4-2-3-9(14)7-10/h2-8,14H,1H3. The molecule has 0 aliphatic heterocycles. The molecule has 1 heterocycles. The lowest BCUT2D eigenvalue weighted by Crippen LogP contribution is -1.88. The van der Waals surface area contributed by atoms with E-state index in [4.69, 9.17) is 9.47 Å². The fraction of sp³-hybridized carbons (Fsp3) is 0.0833. The highest BCUT2D eigenvalue weighted by atomic mass is 16.5. The van der Waals surface area contributed by atoms with Crippen molar-refractivity contribution in [3.05, 3.63) is 42.6 Å². The summed E-state index contributed by atoms with van der Waals surface area (Å²) in [5, 5.41) is 9.25. The predicted octanol–water partition coefficient (Wildman–Crippen LogP) is 2.59. The smallest absolute Gasteiger partial charge is 0.219 e. The normalized spacial score (nSPS) is 9.81. The van der Waals surface area contributed by atoms with Gasteiger partial charge in [0.05, 0.1) is 13.3 Å². The number of nitrogens with zero attached hydrogens (tertiary/aromatic N) is 1. The van der Waals surface area contributed by atoms with Gasteiger partial charge in [-0.15, -0.1) is 0 Å². The molecule has 0 aliphatic rings.